The van der Waals surface area contributed by atoms with Gasteiger partial charge in [0.25, 0.3) is 5.91 Å². The second kappa shape index (κ2) is 6.19. The molecule has 0 spiro atoms. The van der Waals surface area contributed by atoms with E-state index >= 15 is 0 Å². The maximum Gasteiger partial charge on any atom is 0.262 e. The number of benzene rings is 1. The molecular formula is C16H10Cl2N6O. The van der Waals surface area contributed by atoms with Crippen molar-refractivity contribution >= 4 is 40.6 Å². The van der Waals surface area contributed by atoms with Crippen molar-refractivity contribution in [1.29, 1.82) is 0 Å². The summed E-state index contributed by atoms with van der Waals surface area (Å²) in [6.45, 7) is 0. The molecule has 0 atom stereocenters. The lowest BCUT2D eigenvalue weighted by molar-refractivity contribution is 0.102. The number of amides is 1. The van der Waals surface area contributed by atoms with Gasteiger partial charge in [0.1, 0.15) is 11.4 Å². The highest BCUT2D eigenvalue weighted by Crippen LogP contribution is 2.26. The van der Waals surface area contributed by atoms with Crippen LogP contribution in [0.5, 0.6) is 0 Å². The van der Waals surface area contributed by atoms with Gasteiger partial charge in [-0.3, -0.25) is 4.79 Å². The number of fused-ring (bicyclic) bond motifs is 1. The Morgan fingerprint density at radius 1 is 1.12 bits per heavy atom. The molecule has 1 amide bonds. The standard InChI is InChI=1S/C16H10Cl2N6O/c17-10-2-3-12(18)13(8-10)24-14(4-6-20-24)22-16(25)11-9-21-23-7-1-5-19-15(11)23/h1-9H,(H,22,25). The molecule has 7 nitrogen and oxygen atoms in total. The number of hydrogen-bond acceptors (Lipinski definition) is 4. The van der Waals surface area contributed by atoms with Crippen molar-refractivity contribution < 1.29 is 4.79 Å². The van der Waals surface area contributed by atoms with Crippen molar-refractivity contribution in [3.63, 3.8) is 0 Å². The highest BCUT2D eigenvalue weighted by Gasteiger charge is 2.17. The van der Waals surface area contributed by atoms with Crippen LogP contribution >= 0.6 is 23.2 Å². The van der Waals surface area contributed by atoms with E-state index in [9.17, 15) is 4.79 Å². The monoisotopic (exact) mass is 372 g/mol. The second-order valence-corrected chi connectivity index (χ2v) is 5.97. The van der Waals surface area contributed by atoms with Gasteiger partial charge in [0.15, 0.2) is 5.65 Å². The van der Waals surface area contributed by atoms with E-state index in [0.29, 0.717) is 32.8 Å². The molecule has 3 aromatic heterocycles. The topological polar surface area (TPSA) is 77.1 Å². The Bertz CT molecular complexity index is 1090. The van der Waals surface area contributed by atoms with Crippen LogP contribution in [0.4, 0.5) is 5.82 Å². The van der Waals surface area contributed by atoms with E-state index < -0.39 is 0 Å². The molecule has 3 heterocycles. The number of hydrogen-bond donors (Lipinski definition) is 1. The normalized spacial score (nSPS) is 11.0. The molecule has 0 aliphatic heterocycles. The Balaban J connectivity index is 1.69. The van der Waals surface area contributed by atoms with Crippen LogP contribution in [-0.4, -0.2) is 30.3 Å². The highest BCUT2D eigenvalue weighted by molar-refractivity contribution is 6.34. The zero-order chi connectivity index (χ0) is 17.4. The first-order chi connectivity index (χ1) is 12.1. The molecule has 0 saturated heterocycles. The molecule has 1 N–H and O–H groups in total. The number of carbonyl (C=O) groups is 1. The quantitative estimate of drug-likeness (QED) is 0.597. The van der Waals surface area contributed by atoms with Gasteiger partial charge < -0.3 is 5.32 Å². The number of nitrogens with one attached hydrogen (secondary N) is 1. The number of halogens is 2. The van der Waals surface area contributed by atoms with Gasteiger partial charge in [-0.2, -0.15) is 10.2 Å². The predicted octanol–water partition coefficient (Wildman–Crippen LogP) is 3.47. The number of anilines is 1. The Hall–Kier alpha value is -2.90. The lowest BCUT2D eigenvalue weighted by Gasteiger charge is -2.10. The molecule has 25 heavy (non-hydrogen) atoms. The molecule has 4 rings (SSSR count). The average molecular weight is 373 g/mol. The summed E-state index contributed by atoms with van der Waals surface area (Å²) in [5.74, 6) is 0.0954. The Kier molecular flexibility index (Phi) is 3.87. The van der Waals surface area contributed by atoms with Crippen LogP contribution in [-0.2, 0) is 0 Å². The van der Waals surface area contributed by atoms with Crippen LogP contribution in [0.2, 0.25) is 10.0 Å². The largest absolute Gasteiger partial charge is 0.306 e. The minimum atomic E-state index is -0.353. The van der Waals surface area contributed by atoms with Gasteiger partial charge in [-0.05, 0) is 24.3 Å². The summed E-state index contributed by atoms with van der Waals surface area (Å²) in [6.07, 6.45) is 6.34. The van der Waals surface area contributed by atoms with Gasteiger partial charge in [0.2, 0.25) is 0 Å². The Morgan fingerprint density at radius 2 is 2.00 bits per heavy atom. The minimum absolute atomic E-state index is 0.352. The molecule has 9 heteroatoms. The molecule has 0 bridgehead atoms. The third kappa shape index (κ3) is 2.84. The zero-order valence-corrected chi connectivity index (χ0v) is 14.1. The van der Waals surface area contributed by atoms with E-state index in [0.717, 1.165) is 0 Å². The molecule has 0 fully saturated rings. The number of aromatic nitrogens is 5. The fourth-order valence-electron chi connectivity index (χ4n) is 2.41. The SMILES string of the molecule is O=C(Nc1ccnn1-c1cc(Cl)ccc1Cl)c1cnn2cccnc12. The van der Waals surface area contributed by atoms with E-state index in [-0.39, 0.29) is 5.91 Å². The van der Waals surface area contributed by atoms with Crippen LogP contribution in [0.25, 0.3) is 11.3 Å². The van der Waals surface area contributed by atoms with Crippen molar-refractivity contribution in [1.82, 2.24) is 24.4 Å². The van der Waals surface area contributed by atoms with Crippen molar-refractivity contribution in [2.24, 2.45) is 0 Å². The van der Waals surface area contributed by atoms with E-state index in [2.05, 4.69) is 20.5 Å². The first-order valence-electron chi connectivity index (χ1n) is 7.22. The first kappa shape index (κ1) is 15.6. The van der Waals surface area contributed by atoms with Crippen LogP contribution in [0.3, 0.4) is 0 Å². The average Bonchev–Trinajstić information content (AvgIpc) is 3.23. The van der Waals surface area contributed by atoms with Crippen LogP contribution in [0.15, 0.2) is 55.1 Å². The molecule has 0 aliphatic carbocycles. The molecular weight excluding hydrogens is 363 g/mol. The van der Waals surface area contributed by atoms with Crippen molar-refractivity contribution in [2.45, 2.75) is 0 Å². The van der Waals surface area contributed by atoms with Crippen molar-refractivity contribution in [2.75, 3.05) is 5.32 Å². The van der Waals surface area contributed by atoms with Gasteiger partial charge in [-0.25, -0.2) is 14.2 Å². The summed E-state index contributed by atoms with van der Waals surface area (Å²) in [5.41, 5.74) is 1.38. The summed E-state index contributed by atoms with van der Waals surface area (Å²) in [4.78, 5) is 16.8. The number of rotatable bonds is 3. The maximum atomic E-state index is 12.6. The van der Waals surface area contributed by atoms with Crippen molar-refractivity contribution in [3.05, 3.63) is 70.7 Å². The smallest absolute Gasteiger partial charge is 0.262 e. The van der Waals surface area contributed by atoms with Gasteiger partial charge >= 0.3 is 0 Å². The summed E-state index contributed by atoms with van der Waals surface area (Å²) in [6, 6.07) is 8.41. The van der Waals surface area contributed by atoms with E-state index in [1.54, 1.807) is 48.9 Å². The zero-order valence-electron chi connectivity index (χ0n) is 12.6. The van der Waals surface area contributed by atoms with Gasteiger partial charge in [0.05, 0.1) is 23.1 Å². The summed E-state index contributed by atoms with van der Waals surface area (Å²) in [5, 5.41) is 12.1. The molecule has 124 valence electrons. The molecule has 0 aliphatic rings. The van der Waals surface area contributed by atoms with Crippen molar-refractivity contribution in [3.8, 4) is 5.69 Å². The Labute approximate surface area is 151 Å². The third-order valence-corrected chi connectivity index (χ3v) is 4.10. The molecule has 1 aromatic carbocycles. The maximum absolute atomic E-state index is 12.6. The van der Waals surface area contributed by atoms with Crippen LogP contribution in [0.1, 0.15) is 10.4 Å². The Morgan fingerprint density at radius 3 is 2.88 bits per heavy atom. The highest BCUT2D eigenvalue weighted by atomic mass is 35.5. The fourth-order valence-corrected chi connectivity index (χ4v) is 2.77. The molecule has 0 unspecified atom stereocenters. The third-order valence-electron chi connectivity index (χ3n) is 3.54. The summed E-state index contributed by atoms with van der Waals surface area (Å²) >= 11 is 12.3. The van der Waals surface area contributed by atoms with E-state index in [4.69, 9.17) is 23.2 Å². The van der Waals surface area contributed by atoms with Crippen LogP contribution in [0, 0.1) is 0 Å². The number of nitrogens with zero attached hydrogens (tertiary/aromatic N) is 5. The van der Waals surface area contributed by atoms with E-state index in [1.807, 2.05) is 0 Å². The second-order valence-electron chi connectivity index (χ2n) is 5.12. The van der Waals surface area contributed by atoms with Gasteiger partial charge in [-0.1, -0.05) is 23.2 Å². The lowest BCUT2D eigenvalue weighted by Crippen LogP contribution is -2.15. The minimum Gasteiger partial charge on any atom is -0.306 e. The molecule has 4 aromatic rings. The lowest BCUT2D eigenvalue weighted by atomic mass is 10.3. The molecule has 0 saturated carbocycles. The molecule has 0 radical (unpaired) electrons. The van der Waals surface area contributed by atoms with Gasteiger partial charge in [-0.15, -0.1) is 0 Å². The summed E-state index contributed by atoms with van der Waals surface area (Å²) in [7, 11) is 0. The van der Waals surface area contributed by atoms with Gasteiger partial charge in [0, 0.05) is 23.5 Å². The summed E-state index contributed by atoms with van der Waals surface area (Å²) < 4.78 is 3.03. The predicted molar refractivity (Wildman–Crippen MR) is 94.5 cm³/mol. The number of carbonyl (C=O) groups excluding carboxylic acids is 1. The first-order valence-corrected chi connectivity index (χ1v) is 7.98. The van der Waals surface area contributed by atoms with E-state index in [1.165, 1.54) is 15.4 Å². The fraction of sp³-hybridized carbons (Fsp3) is 0. The van der Waals surface area contributed by atoms with Crippen LogP contribution < -0.4 is 5.32 Å².